The van der Waals surface area contributed by atoms with Crippen LogP contribution in [0.3, 0.4) is 0 Å². The third-order valence-electron chi connectivity index (χ3n) is 4.08. The van der Waals surface area contributed by atoms with Crippen LogP contribution in [0.5, 0.6) is 0 Å². The van der Waals surface area contributed by atoms with E-state index in [9.17, 15) is 0 Å². The molecule has 0 saturated heterocycles. The van der Waals surface area contributed by atoms with E-state index < -0.39 is 0 Å². The monoisotopic (exact) mass is 306 g/mol. The van der Waals surface area contributed by atoms with Crippen LogP contribution in [0.2, 0.25) is 0 Å². The van der Waals surface area contributed by atoms with Gasteiger partial charge in [0.1, 0.15) is 5.82 Å². The molecule has 2 aromatic heterocycles. The van der Waals surface area contributed by atoms with Crippen LogP contribution in [0.4, 0.5) is 5.82 Å². The van der Waals surface area contributed by atoms with Gasteiger partial charge in [0.25, 0.3) is 0 Å². The molecular weight excluding hydrogens is 284 g/mol. The Labute approximate surface area is 136 Å². The normalized spacial score (nSPS) is 10.9. The quantitative estimate of drug-likeness (QED) is 0.706. The van der Waals surface area contributed by atoms with Crippen molar-refractivity contribution in [2.75, 3.05) is 18.4 Å². The van der Waals surface area contributed by atoms with E-state index in [4.69, 9.17) is 10.7 Å². The van der Waals surface area contributed by atoms with Gasteiger partial charge < -0.3 is 11.1 Å². The number of nitrogens with two attached hydrogens (primary N) is 1. The van der Waals surface area contributed by atoms with Gasteiger partial charge in [-0.15, -0.1) is 0 Å². The minimum atomic E-state index is 0.667. The molecule has 3 rings (SSSR count). The zero-order chi connectivity index (χ0) is 16.2. The van der Waals surface area contributed by atoms with Crippen LogP contribution in [0.1, 0.15) is 17.5 Å². The molecule has 3 N–H and O–H groups in total. The third kappa shape index (κ3) is 3.32. The highest BCUT2D eigenvalue weighted by atomic mass is 15.0. The Bertz CT molecular complexity index is 827. The highest BCUT2D eigenvalue weighted by molar-refractivity contribution is 5.91. The van der Waals surface area contributed by atoms with Crippen molar-refractivity contribution in [2.45, 2.75) is 20.3 Å². The van der Waals surface area contributed by atoms with E-state index in [-0.39, 0.29) is 0 Å². The Balaban J connectivity index is 2.08. The summed E-state index contributed by atoms with van der Waals surface area (Å²) in [6.07, 6.45) is 2.73. The predicted octanol–water partition coefficient (Wildman–Crippen LogP) is 3.67. The second kappa shape index (κ2) is 6.75. The molecule has 0 unspecified atom stereocenters. The van der Waals surface area contributed by atoms with Crippen molar-refractivity contribution >= 4 is 16.7 Å². The highest BCUT2D eigenvalue weighted by Gasteiger charge is 2.09. The summed E-state index contributed by atoms with van der Waals surface area (Å²) in [7, 11) is 0. The molecule has 0 spiro atoms. The molecule has 0 aliphatic rings. The van der Waals surface area contributed by atoms with E-state index in [1.54, 1.807) is 0 Å². The first-order valence-electron chi connectivity index (χ1n) is 7.96. The summed E-state index contributed by atoms with van der Waals surface area (Å²) in [6.45, 7) is 5.72. The zero-order valence-corrected chi connectivity index (χ0v) is 13.6. The molecule has 0 fully saturated rings. The van der Waals surface area contributed by atoms with Crippen molar-refractivity contribution in [2.24, 2.45) is 5.73 Å². The van der Waals surface area contributed by atoms with Crippen molar-refractivity contribution < 1.29 is 0 Å². The van der Waals surface area contributed by atoms with Crippen LogP contribution in [-0.4, -0.2) is 23.1 Å². The van der Waals surface area contributed by atoms with Gasteiger partial charge in [-0.3, -0.25) is 4.98 Å². The first-order chi connectivity index (χ1) is 11.2. The average Bonchev–Trinajstić information content (AvgIpc) is 2.57. The predicted molar refractivity (Wildman–Crippen MR) is 96.6 cm³/mol. The van der Waals surface area contributed by atoms with Crippen LogP contribution in [0.25, 0.3) is 22.2 Å². The van der Waals surface area contributed by atoms with Gasteiger partial charge in [-0.1, -0.05) is 12.1 Å². The molecule has 0 atom stereocenters. The van der Waals surface area contributed by atoms with E-state index in [0.29, 0.717) is 6.54 Å². The van der Waals surface area contributed by atoms with Gasteiger partial charge in [0.05, 0.1) is 11.2 Å². The summed E-state index contributed by atoms with van der Waals surface area (Å²) in [5.41, 5.74) is 11.1. The number of hydrogen-bond donors (Lipinski definition) is 2. The Kier molecular flexibility index (Phi) is 4.53. The van der Waals surface area contributed by atoms with Crippen LogP contribution in [0.15, 0.2) is 42.6 Å². The fraction of sp³-hybridized carbons (Fsp3) is 0.263. The standard InChI is InChI=1S/C19H22N4/c1-13-6-7-15(11-14(13)2)17-12-18-16(5-3-9-21-18)19(23-17)22-10-4-8-20/h3,5-7,9,11-12H,4,8,10,20H2,1-2H3,(H,22,23). The van der Waals surface area contributed by atoms with Gasteiger partial charge in [0, 0.05) is 23.7 Å². The molecule has 0 aliphatic heterocycles. The second-order valence-corrected chi connectivity index (χ2v) is 5.79. The largest absolute Gasteiger partial charge is 0.369 e. The number of nitrogens with zero attached hydrogens (tertiary/aromatic N) is 2. The number of aryl methyl sites for hydroxylation is 2. The Hall–Kier alpha value is -2.46. The Morgan fingerprint density at radius 2 is 1.96 bits per heavy atom. The zero-order valence-electron chi connectivity index (χ0n) is 13.6. The second-order valence-electron chi connectivity index (χ2n) is 5.79. The number of hydrogen-bond acceptors (Lipinski definition) is 4. The Morgan fingerprint density at radius 3 is 2.74 bits per heavy atom. The van der Waals surface area contributed by atoms with Gasteiger partial charge >= 0.3 is 0 Å². The van der Waals surface area contributed by atoms with Gasteiger partial charge in [-0.2, -0.15) is 0 Å². The van der Waals surface area contributed by atoms with Gasteiger partial charge in [0.15, 0.2) is 0 Å². The number of benzene rings is 1. The van der Waals surface area contributed by atoms with E-state index >= 15 is 0 Å². The number of fused-ring (bicyclic) bond motifs is 1. The van der Waals surface area contributed by atoms with E-state index in [0.717, 1.165) is 40.9 Å². The summed E-state index contributed by atoms with van der Waals surface area (Å²) in [6, 6.07) is 12.5. The lowest BCUT2D eigenvalue weighted by atomic mass is 10.0. The van der Waals surface area contributed by atoms with Crippen molar-refractivity contribution in [3.05, 3.63) is 53.7 Å². The smallest absolute Gasteiger partial charge is 0.136 e. The minimum Gasteiger partial charge on any atom is -0.369 e. The molecule has 0 aliphatic carbocycles. The summed E-state index contributed by atoms with van der Waals surface area (Å²) in [5.74, 6) is 0.872. The molecule has 4 nitrogen and oxygen atoms in total. The number of rotatable bonds is 5. The van der Waals surface area contributed by atoms with Gasteiger partial charge in [-0.25, -0.2) is 4.98 Å². The van der Waals surface area contributed by atoms with Crippen LogP contribution >= 0.6 is 0 Å². The maximum Gasteiger partial charge on any atom is 0.136 e. The molecule has 23 heavy (non-hydrogen) atoms. The van der Waals surface area contributed by atoms with Crippen molar-refractivity contribution in [1.82, 2.24) is 9.97 Å². The topological polar surface area (TPSA) is 63.8 Å². The lowest BCUT2D eigenvalue weighted by Crippen LogP contribution is -2.10. The molecule has 0 radical (unpaired) electrons. The van der Waals surface area contributed by atoms with E-state index in [1.807, 2.05) is 24.4 Å². The fourth-order valence-electron chi connectivity index (χ4n) is 2.57. The molecule has 4 heteroatoms. The molecular formula is C19H22N4. The molecule has 118 valence electrons. The maximum atomic E-state index is 5.58. The first-order valence-corrected chi connectivity index (χ1v) is 7.96. The third-order valence-corrected chi connectivity index (χ3v) is 4.08. The van der Waals surface area contributed by atoms with Gasteiger partial charge in [0.2, 0.25) is 0 Å². The molecule has 3 aromatic rings. The summed E-state index contributed by atoms with van der Waals surface area (Å²) >= 11 is 0. The summed E-state index contributed by atoms with van der Waals surface area (Å²) in [4.78, 5) is 9.31. The average molecular weight is 306 g/mol. The molecule has 0 saturated carbocycles. The van der Waals surface area contributed by atoms with Crippen molar-refractivity contribution in [3.8, 4) is 11.3 Å². The summed E-state index contributed by atoms with van der Waals surface area (Å²) in [5, 5.41) is 4.43. The number of anilines is 1. The van der Waals surface area contributed by atoms with Gasteiger partial charge in [-0.05, 0) is 62.2 Å². The van der Waals surface area contributed by atoms with Crippen LogP contribution in [-0.2, 0) is 0 Å². The summed E-state index contributed by atoms with van der Waals surface area (Å²) < 4.78 is 0. The molecule has 1 aromatic carbocycles. The molecule has 0 amide bonds. The van der Waals surface area contributed by atoms with Crippen LogP contribution < -0.4 is 11.1 Å². The van der Waals surface area contributed by atoms with Crippen molar-refractivity contribution in [1.29, 1.82) is 0 Å². The first kappa shape index (κ1) is 15.4. The SMILES string of the molecule is Cc1ccc(-c2cc3ncccc3c(NCCCN)n2)cc1C. The fourth-order valence-corrected chi connectivity index (χ4v) is 2.57. The van der Waals surface area contributed by atoms with E-state index in [1.165, 1.54) is 11.1 Å². The molecule has 2 heterocycles. The Morgan fingerprint density at radius 1 is 1.09 bits per heavy atom. The minimum absolute atomic E-state index is 0.667. The highest BCUT2D eigenvalue weighted by Crippen LogP contribution is 2.27. The maximum absolute atomic E-state index is 5.58. The van der Waals surface area contributed by atoms with E-state index in [2.05, 4.69) is 42.3 Å². The van der Waals surface area contributed by atoms with Crippen LogP contribution in [0, 0.1) is 13.8 Å². The van der Waals surface area contributed by atoms with Crippen molar-refractivity contribution in [3.63, 3.8) is 0 Å². The number of nitrogens with one attached hydrogen (secondary N) is 1. The number of aromatic nitrogens is 2. The number of pyridine rings is 2. The lowest BCUT2D eigenvalue weighted by molar-refractivity contribution is 0.871. The molecule has 0 bridgehead atoms. The lowest BCUT2D eigenvalue weighted by Gasteiger charge is -2.12.